The first-order valence-corrected chi connectivity index (χ1v) is 7.55. The van der Waals surface area contributed by atoms with Crippen molar-refractivity contribution in [1.29, 1.82) is 0 Å². The van der Waals surface area contributed by atoms with E-state index in [0.717, 1.165) is 6.07 Å². The average molecular weight is 361 g/mol. The molecule has 0 unspecified atom stereocenters. The first kappa shape index (κ1) is 18.1. The van der Waals surface area contributed by atoms with Gasteiger partial charge < -0.3 is 10.6 Å². The Balaban J connectivity index is 1.75. The van der Waals surface area contributed by atoms with Crippen LogP contribution in [-0.4, -0.2) is 22.4 Å². The van der Waals surface area contributed by atoms with Gasteiger partial charge in [0.1, 0.15) is 0 Å². The molecule has 0 radical (unpaired) electrons. The number of aromatic nitrogens is 2. The normalized spacial score (nSPS) is 11.4. The molecule has 1 aromatic carbocycles. The number of carbonyl (C=O) groups excluding carboxylic acids is 1. The van der Waals surface area contributed by atoms with Gasteiger partial charge >= 0.3 is 12.2 Å². The number of anilines is 1. The Bertz CT molecular complexity index is 698. The van der Waals surface area contributed by atoms with Crippen molar-refractivity contribution in [3.8, 4) is 0 Å². The molecule has 9 heteroatoms. The van der Waals surface area contributed by atoms with Crippen LogP contribution >= 0.6 is 11.6 Å². The lowest BCUT2D eigenvalue weighted by Gasteiger charge is -2.08. The molecule has 24 heavy (non-hydrogen) atoms. The van der Waals surface area contributed by atoms with Crippen LogP contribution in [0.5, 0.6) is 0 Å². The van der Waals surface area contributed by atoms with Crippen LogP contribution in [0.25, 0.3) is 0 Å². The van der Waals surface area contributed by atoms with E-state index in [-0.39, 0.29) is 6.54 Å². The lowest BCUT2D eigenvalue weighted by atomic mass is 10.3. The molecule has 0 atom stereocenters. The monoisotopic (exact) mass is 360 g/mol. The van der Waals surface area contributed by atoms with Gasteiger partial charge in [0, 0.05) is 29.5 Å². The molecule has 1 aromatic heterocycles. The Morgan fingerprint density at radius 3 is 2.54 bits per heavy atom. The first-order chi connectivity index (χ1) is 11.3. The van der Waals surface area contributed by atoms with E-state index in [1.807, 2.05) is 0 Å². The van der Waals surface area contributed by atoms with Gasteiger partial charge in [-0.2, -0.15) is 18.3 Å². The van der Waals surface area contributed by atoms with Crippen molar-refractivity contribution in [3.05, 3.63) is 46.7 Å². The van der Waals surface area contributed by atoms with Crippen LogP contribution < -0.4 is 10.6 Å². The third-order valence-electron chi connectivity index (χ3n) is 3.21. The Labute approximate surface area is 141 Å². The summed E-state index contributed by atoms with van der Waals surface area (Å²) in [5, 5.41) is 9.34. The van der Waals surface area contributed by atoms with Crippen molar-refractivity contribution < 1.29 is 18.0 Å². The molecule has 0 aliphatic carbocycles. The summed E-state index contributed by atoms with van der Waals surface area (Å²) in [4.78, 5) is 11.7. The zero-order valence-electron chi connectivity index (χ0n) is 12.8. The lowest BCUT2D eigenvalue weighted by Crippen LogP contribution is -2.30. The number of hydrogen-bond acceptors (Lipinski definition) is 2. The van der Waals surface area contributed by atoms with Gasteiger partial charge in [0.2, 0.25) is 0 Å². The topological polar surface area (TPSA) is 59.0 Å². The largest absolute Gasteiger partial charge is 0.435 e. The number of hydrogen-bond donors (Lipinski definition) is 2. The second kappa shape index (κ2) is 7.57. The van der Waals surface area contributed by atoms with Gasteiger partial charge in [-0.05, 0) is 43.7 Å². The SMILES string of the molecule is Cc1cc(C(F)(F)F)nn1CCCNC(=O)Nc1ccc(Cl)cc1. The number of amides is 2. The molecule has 5 nitrogen and oxygen atoms in total. The predicted octanol–water partition coefficient (Wildman–Crippen LogP) is 4.08. The second-order valence-corrected chi connectivity index (χ2v) is 5.57. The number of urea groups is 1. The van der Waals surface area contributed by atoms with E-state index in [1.165, 1.54) is 4.68 Å². The molecular weight excluding hydrogens is 345 g/mol. The molecule has 2 aromatic rings. The van der Waals surface area contributed by atoms with Crippen LogP contribution in [0.1, 0.15) is 17.8 Å². The molecule has 130 valence electrons. The minimum absolute atomic E-state index is 0.281. The summed E-state index contributed by atoms with van der Waals surface area (Å²) in [7, 11) is 0. The zero-order chi connectivity index (χ0) is 17.7. The van der Waals surface area contributed by atoms with Gasteiger partial charge in [-0.25, -0.2) is 4.79 Å². The molecular formula is C15H16ClF3N4O. The number of nitrogens with zero attached hydrogens (tertiary/aromatic N) is 2. The van der Waals surface area contributed by atoms with Gasteiger partial charge in [-0.1, -0.05) is 11.6 Å². The highest BCUT2D eigenvalue weighted by atomic mass is 35.5. The number of carbonyl (C=O) groups is 1. The lowest BCUT2D eigenvalue weighted by molar-refractivity contribution is -0.141. The third kappa shape index (κ3) is 5.16. The van der Waals surface area contributed by atoms with E-state index in [0.29, 0.717) is 29.4 Å². The van der Waals surface area contributed by atoms with Crippen molar-refractivity contribution in [2.24, 2.45) is 0 Å². The molecule has 2 rings (SSSR count). The molecule has 2 N–H and O–H groups in total. The van der Waals surface area contributed by atoms with E-state index in [9.17, 15) is 18.0 Å². The standard InChI is InChI=1S/C15H16ClF3N4O/c1-10-9-13(15(17,18)19)22-23(10)8-2-7-20-14(24)21-12-5-3-11(16)4-6-12/h3-6,9H,2,7-8H2,1H3,(H2,20,21,24). The van der Waals surface area contributed by atoms with E-state index in [2.05, 4.69) is 15.7 Å². The van der Waals surface area contributed by atoms with Crippen LogP contribution in [0.3, 0.4) is 0 Å². The highest BCUT2D eigenvalue weighted by Gasteiger charge is 2.34. The fraction of sp³-hybridized carbons (Fsp3) is 0.333. The molecule has 0 saturated heterocycles. The highest BCUT2D eigenvalue weighted by molar-refractivity contribution is 6.30. The van der Waals surface area contributed by atoms with Crippen molar-refractivity contribution in [3.63, 3.8) is 0 Å². The zero-order valence-corrected chi connectivity index (χ0v) is 13.6. The number of alkyl halides is 3. The van der Waals surface area contributed by atoms with Crippen LogP contribution in [0.15, 0.2) is 30.3 Å². The van der Waals surface area contributed by atoms with Crippen molar-refractivity contribution in [2.75, 3.05) is 11.9 Å². The smallest absolute Gasteiger partial charge is 0.338 e. The van der Waals surface area contributed by atoms with E-state index >= 15 is 0 Å². The first-order valence-electron chi connectivity index (χ1n) is 7.18. The third-order valence-corrected chi connectivity index (χ3v) is 3.46. The molecule has 0 spiro atoms. The summed E-state index contributed by atoms with van der Waals surface area (Å²) in [5.41, 5.74) is 0.107. The predicted molar refractivity (Wildman–Crippen MR) is 85.1 cm³/mol. The number of benzene rings is 1. The van der Waals surface area contributed by atoms with Crippen LogP contribution in [0, 0.1) is 6.92 Å². The van der Waals surface area contributed by atoms with Gasteiger partial charge in [0.15, 0.2) is 5.69 Å². The summed E-state index contributed by atoms with van der Waals surface area (Å²) < 4.78 is 39.0. The molecule has 0 bridgehead atoms. The Morgan fingerprint density at radius 2 is 1.96 bits per heavy atom. The summed E-state index contributed by atoms with van der Waals surface area (Å²) in [5.74, 6) is 0. The Morgan fingerprint density at radius 1 is 1.29 bits per heavy atom. The van der Waals surface area contributed by atoms with Crippen LogP contribution in [0.2, 0.25) is 5.02 Å². The highest BCUT2D eigenvalue weighted by Crippen LogP contribution is 2.28. The number of halogens is 4. The minimum atomic E-state index is -4.45. The maximum atomic E-state index is 12.6. The number of rotatable bonds is 5. The second-order valence-electron chi connectivity index (χ2n) is 5.13. The fourth-order valence-electron chi connectivity index (χ4n) is 2.01. The maximum Gasteiger partial charge on any atom is 0.435 e. The molecule has 0 aliphatic heterocycles. The minimum Gasteiger partial charge on any atom is -0.338 e. The van der Waals surface area contributed by atoms with Crippen LogP contribution in [0.4, 0.5) is 23.7 Å². The molecule has 1 heterocycles. The van der Waals surface area contributed by atoms with Crippen molar-refractivity contribution in [2.45, 2.75) is 26.1 Å². The molecule has 0 saturated carbocycles. The number of nitrogens with one attached hydrogen (secondary N) is 2. The van der Waals surface area contributed by atoms with Gasteiger partial charge in [-0.3, -0.25) is 4.68 Å². The van der Waals surface area contributed by atoms with E-state index < -0.39 is 17.9 Å². The fourth-order valence-corrected chi connectivity index (χ4v) is 2.14. The van der Waals surface area contributed by atoms with Crippen molar-refractivity contribution >= 4 is 23.3 Å². The van der Waals surface area contributed by atoms with Gasteiger partial charge in [-0.15, -0.1) is 0 Å². The van der Waals surface area contributed by atoms with Gasteiger partial charge in [0.05, 0.1) is 0 Å². The average Bonchev–Trinajstić information content (AvgIpc) is 2.87. The Hall–Kier alpha value is -2.22. The van der Waals surface area contributed by atoms with E-state index in [1.54, 1.807) is 31.2 Å². The summed E-state index contributed by atoms with van der Waals surface area (Å²) in [6.07, 6.45) is -4.00. The van der Waals surface area contributed by atoms with Gasteiger partial charge in [0.25, 0.3) is 0 Å². The van der Waals surface area contributed by atoms with E-state index in [4.69, 9.17) is 11.6 Å². The summed E-state index contributed by atoms with van der Waals surface area (Å²) in [6.45, 7) is 2.14. The summed E-state index contributed by atoms with van der Waals surface area (Å²) >= 11 is 5.74. The molecule has 2 amide bonds. The maximum absolute atomic E-state index is 12.6. The summed E-state index contributed by atoms with van der Waals surface area (Å²) in [6, 6.07) is 7.22. The van der Waals surface area contributed by atoms with Crippen molar-refractivity contribution in [1.82, 2.24) is 15.1 Å². The quantitative estimate of drug-likeness (QED) is 0.789. The molecule has 0 aliphatic rings. The number of aryl methyl sites for hydroxylation is 2. The van der Waals surface area contributed by atoms with Crippen LogP contribution in [-0.2, 0) is 12.7 Å². The molecule has 0 fully saturated rings. The Kier molecular flexibility index (Phi) is 5.71.